The summed E-state index contributed by atoms with van der Waals surface area (Å²) < 4.78 is 15.5. The van der Waals surface area contributed by atoms with Gasteiger partial charge in [-0.05, 0) is 36.4 Å². The molecule has 1 aliphatic rings. The van der Waals surface area contributed by atoms with Gasteiger partial charge in [-0.1, -0.05) is 6.07 Å². The Morgan fingerprint density at radius 1 is 1.21 bits per heavy atom. The van der Waals surface area contributed by atoms with E-state index in [2.05, 4.69) is 5.32 Å². The van der Waals surface area contributed by atoms with Crippen LogP contribution in [0.3, 0.4) is 0 Å². The molecule has 1 saturated heterocycles. The van der Waals surface area contributed by atoms with E-state index in [-0.39, 0.29) is 5.91 Å². The lowest BCUT2D eigenvalue weighted by atomic mass is 10.2. The molecule has 1 atom stereocenters. The highest BCUT2D eigenvalue weighted by molar-refractivity contribution is 7.12. The lowest BCUT2D eigenvalue weighted by molar-refractivity contribution is -0.151. The first-order chi connectivity index (χ1) is 14.0. The average molecular weight is 418 g/mol. The number of carbonyl (C=O) groups is 3. The fourth-order valence-corrected chi connectivity index (χ4v) is 3.81. The van der Waals surface area contributed by atoms with E-state index in [9.17, 15) is 14.4 Å². The number of amides is 2. The van der Waals surface area contributed by atoms with Crippen LogP contribution in [0.15, 0.2) is 35.7 Å². The van der Waals surface area contributed by atoms with Crippen molar-refractivity contribution in [3.8, 4) is 11.5 Å². The highest BCUT2D eigenvalue weighted by Gasteiger charge is 2.36. The third kappa shape index (κ3) is 4.86. The first kappa shape index (κ1) is 20.7. The zero-order chi connectivity index (χ0) is 20.8. The number of esters is 1. The van der Waals surface area contributed by atoms with Gasteiger partial charge in [0.2, 0.25) is 0 Å². The molecule has 1 aromatic carbocycles. The second kappa shape index (κ2) is 9.42. The highest BCUT2D eigenvalue weighted by Crippen LogP contribution is 2.29. The van der Waals surface area contributed by atoms with Crippen molar-refractivity contribution in [2.75, 3.05) is 32.7 Å². The van der Waals surface area contributed by atoms with Gasteiger partial charge in [-0.15, -0.1) is 11.3 Å². The zero-order valence-electron chi connectivity index (χ0n) is 16.2. The van der Waals surface area contributed by atoms with E-state index in [4.69, 9.17) is 14.2 Å². The number of likely N-dealkylation sites (tertiary alicyclic amines) is 1. The van der Waals surface area contributed by atoms with E-state index >= 15 is 0 Å². The van der Waals surface area contributed by atoms with Gasteiger partial charge < -0.3 is 24.4 Å². The summed E-state index contributed by atoms with van der Waals surface area (Å²) in [7, 11) is 3.00. The Balaban J connectivity index is 1.57. The molecule has 0 saturated carbocycles. The van der Waals surface area contributed by atoms with Crippen LogP contribution in [-0.2, 0) is 14.3 Å². The summed E-state index contributed by atoms with van der Waals surface area (Å²) >= 11 is 1.33. The van der Waals surface area contributed by atoms with Crippen molar-refractivity contribution < 1.29 is 28.6 Å². The molecular formula is C20H22N2O6S. The van der Waals surface area contributed by atoms with Crippen LogP contribution in [0.2, 0.25) is 0 Å². The third-order valence-electron chi connectivity index (χ3n) is 4.54. The van der Waals surface area contributed by atoms with Crippen molar-refractivity contribution in [3.63, 3.8) is 0 Å². The smallest absolute Gasteiger partial charge is 0.329 e. The lowest BCUT2D eigenvalue weighted by Gasteiger charge is -2.22. The van der Waals surface area contributed by atoms with E-state index in [1.54, 1.807) is 30.3 Å². The number of ether oxygens (including phenoxy) is 3. The molecule has 0 spiro atoms. The molecule has 0 radical (unpaired) electrons. The molecule has 1 fully saturated rings. The normalized spacial score (nSPS) is 15.7. The number of methoxy groups -OCH3 is 2. The van der Waals surface area contributed by atoms with Crippen LogP contribution in [0.25, 0.3) is 0 Å². The summed E-state index contributed by atoms with van der Waals surface area (Å²) in [5.41, 5.74) is 0.406. The maximum Gasteiger partial charge on any atom is 0.329 e. The molecule has 8 nitrogen and oxygen atoms in total. The minimum Gasteiger partial charge on any atom is -0.497 e. The van der Waals surface area contributed by atoms with E-state index in [1.165, 1.54) is 30.5 Å². The Hall–Kier alpha value is -3.07. The molecule has 2 amide bonds. The summed E-state index contributed by atoms with van der Waals surface area (Å²) in [6.45, 7) is 0.0282. The summed E-state index contributed by atoms with van der Waals surface area (Å²) in [6, 6.07) is 7.81. The Bertz CT molecular complexity index is 883. The summed E-state index contributed by atoms with van der Waals surface area (Å²) in [4.78, 5) is 39.4. The molecular weight excluding hydrogens is 396 g/mol. The number of carbonyl (C=O) groups excluding carboxylic acids is 3. The average Bonchev–Trinajstić information content (AvgIpc) is 3.43. The van der Waals surface area contributed by atoms with E-state index in [1.807, 2.05) is 5.38 Å². The van der Waals surface area contributed by atoms with Crippen molar-refractivity contribution in [1.82, 2.24) is 4.90 Å². The fourth-order valence-electron chi connectivity index (χ4n) is 3.13. The number of hydrogen-bond acceptors (Lipinski definition) is 7. The molecule has 2 heterocycles. The minimum atomic E-state index is -0.677. The van der Waals surface area contributed by atoms with Crippen LogP contribution in [0, 0.1) is 0 Å². The minimum absolute atomic E-state index is 0.190. The summed E-state index contributed by atoms with van der Waals surface area (Å²) in [6.07, 6.45) is 1.23. The predicted octanol–water partition coefficient (Wildman–Crippen LogP) is 2.55. The predicted molar refractivity (Wildman–Crippen MR) is 108 cm³/mol. The van der Waals surface area contributed by atoms with E-state index < -0.39 is 24.5 Å². The van der Waals surface area contributed by atoms with Crippen LogP contribution in [0.1, 0.15) is 22.5 Å². The number of rotatable bonds is 7. The Labute approximate surface area is 172 Å². The SMILES string of the molecule is COc1ccc(OC)c(NC(=O)COC(=O)[C@@H]2CCCN2C(=O)c2cccs2)c1. The van der Waals surface area contributed by atoms with Gasteiger partial charge in [-0.25, -0.2) is 4.79 Å². The Morgan fingerprint density at radius 2 is 2.03 bits per heavy atom. The van der Waals surface area contributed by atoms with Crippen LogP contribution in [-0.4, -0.2) is 56.1 Å². The number of nitrogens with one attached hydrogen (secondary N) is 1. The largest absolute Gasteiger partial charge is 0.497 e. The van der Waals surface area contributed by atoms with Crippen molar-refractivity contribution in [1.29, 1.82) is 0 Å². The van der Waals surface area contributed by atoms with Gasteiger partial charge in [0.1, 0.15) is 17.5 Å². The van der Waals surface area contributed by atoms with E-state index in [0.717, 1.165) is 0 Å². The molecule has 1 aliphatic heterocycles. The van der Waals surface area contributed by atoms with Gasteiger partial charge in [-0.3, -0.25) is 9.59 Å². The molecule has 1 N–H and O–H groups in total. The van der Waals surface area contributed by atoms with Crippen molar-refractivity contribution in [2.24, 2.45) is 0 Å². The topological polar surface area (TPSA) is 94.2 Å². The van der Waals surface area contributed by atoms with Gasteiger partial charge in [0.05, 0.1) is 24.8 Å². The third-order valence-corrected chi connectivity index (χ3v) is 5.40. The molecule has 0 aliphatic carbocycles. The standard InChI is InChI=1S/C20H22N2O6S/c1-26-13-7-8-16(27-2)14(11-13)21-18(23)12-28-20(25)15-5-3-9-22(15)19(24)17-6-4-10-29-17/h4,6-8,10-11,15H,3,5,9,12H2,1-2H3,(H,21,23)/t15-/m0/s1. The highest BCUT2D eigenvalue weighted by atomic mass is 32.1. The summed E-state index contributed by atoms with van der Waals surface area (Å²) in [5.74, 6) is -0.287. The molecule has 3 rings (SSSR count). The maximum atomic E-state index is 12.6. The van der Waals surface area contributed by atoms with Crippen LogP contribution in [0.5, 0.6) is 11.5 Å². The number of benzene rings is 1. The number of hydrogen-bond donors (Lipinski definition) is 1. The molecule has 1 aromatic heterocycles. The number of anilines is 1. The number of nitrogens with zero attached hydrogens (tertiary/aromatic N) is 1. The Kier molecular flexibility index (Phi) is 6.71. The van der Waals surface area contributed by atoms with Crippen LogP contribution in [0.4, 0.5) is 5.69 Å². The lowest BCUT2D eigenvalue weighted by Crippen LogP contribution is -2.41. The molecule has 0 unspecified atom stereocenters. The zero-order valence-corrected chi connectivity index (χ0v) is 17.0. The second-order valence-electron chi connectivity index (χ2n) is 6.36. The van der Waals surface area contributed by atoms with Crippen molar-refractivity contribution >= 4 is 34.8 Å². The second-order valence-corrected chi connectivity index (χ2v) is 7.30. The van der Waals surface area contributed by atoms with E-state index in [0.29, 0.717) is 41.4 Å². The van der Waals surface area contributed by atoms with Gasteiger partial charge in [0.25, 0.3) is 11.8 Å². The quantitative estimate of drug-likeness (QED) is 0.695. The number of thiophene rings is 1. The van der Waals surface area contributed by atoms with Gasteiger partial charge in [0, 0.05) is 12.6 Å². The summed E-state index contributed by atoms with van der Waals surface area (Å²) in [5, 5.41) is 4.45. The van der Waals surface area contributed by atoms with Crippen LogP contribution >= 0.6 is 11.3 Å². The monoisotopic (exact) mass is 418 g/mol. The van der Waals surface area contributed by atoms with Gasteiger partial charge >= 0.3 is 5.97 Å². The molecule has 9 heteroatoms. The van der Waals surface area contributed by atoms with Gasteiger partial charge in [0.15, 0.2) is 6.61 Å². The fraction of sp³-hybridized carbons (Fsp3) is 0.350. The maximum absolute atomic E-state index is 12.6. The van der Waals surface area contributed by atoms with Crippen LogP contribution < -0.4 is 14.8 Å². The van der Waals surface area contributed by atoms with Gasteiger partial charge in [-0.2, -0.15) is 0 Å². The Morgan fingerprint density at radius 3 is 2.72 bits per heavy atom. The molecule has 29 heavy (non-hydrogen) atoms. The molecule has 0 bridgehead atoms. The molecule has 154 valence electrons. The molecule has 2 aromatic rings. The van der Waals surface area contributed by atoms with Crippen molar-refractivity contribution in [3.05, 3.63) is 40.6 Å². The first-order valence-corrected chi connectivity index (χ1v) is 9.94. The van der Waals surface area contributed by atoms with Crippen molar-refractivity contribution in [2.45, 2.75) is 18.9 Å². The first-order valence-electron chi connectivity index (χ1n) is 9.06.